The van der Waals surface area contributed by atoms with Crippen LogP contribution in [0.25, 0.3) is 0 Å². The van der Waals surface area contributed by atoms with Crippen molar-refractivity contribution in [3.05, 3.63) is 177 Å². The van der Waals surface area contributed by atoms with Crippen LogP contribution in [0, 0.1) is 0 Å². The van der Waals surface area contributed by atoms with Crippen LogP contribution in [0.5, 0.6) is 172 Å². The first kappa shape index (κ1) is 84.8. The van der Waals surface area contributed by atoms with Crippen molar-refractivity contribution in [1.29, 1.82) is 0 Å². The van der Waals surface area contributed by atoms with Gasteiger partial charge in [0.05, 0.1) is 55.6 Å². The molecule has 1 fully saturated rings. The molecule has 11 rings (SSSR count). The van der Waals surface area contributed by atoms with E-state index in [0.29, 0.717) is 121 Å². The van der Waals surface area contributed by atoms with Gasteiger partial charge in [-0.05, 0) is 121 Å². The van der Waals surface area contributed by atoms with Crippen LogP contribution in [-0.4, -0.2) is 225 Å². The molecule has 0 radical (unpaired) electrons. The molecule has 25 N–H and O–H groups in total. The molecular formula is C76H52O46. The van der Waals surface area contributed by atoms with E-state index in [-0.39, 0.29) is 0 Å². The zero-order valence-corrected chi connectivity index (χ0v) is 59.9. The van der Waals surface area contributed by atoms with E-state index < -0.39 is 325 Å². The van der Waals surface area contributed by atoms with Gasteiger partial charge >= 0.3 is 59.7 Å². The van der Waals surface area contributed by atoms with Crippen molar-refractivity contribution in [2.24, 2.45) is 0 Å². The van der Waals surface area contributed by atoms with E-state index in [0.717, 1.165) is 0 Å². The number of hydrogen-bond donors (Lipinski definition) is 25. The number of hydrogen-bond acceptors (Lipinski definition) is 46. The Balaban J connectivity index is 1.09. The predicted octanol–water partition coefficient (Wildman–Crippen LogP) is 4.84. The number of carbonyl (C=O) groups excluding carboxylic acids is 10. The zero-order valence-electron chi connectivity index (χ0n) is 59.9. The second kappa shape index (κ2) is 33.4. The highest BCUT2D eigenvalue weighted by atomic mass is 16.8. The van der Waals surface area contributed by atoms with Gasteiger partial charge < -0.3 is 180 Å². The van der Waals surface area contributed by atoms with Crippen LogP contribution in [0.15, 0.2) is 121 Å². The number of phenolic OH excluding ortho intramolecular Hbond substituents is 25. The van der Waals surface area contributed by atoms with Gasteiger partial charge in [-0.3, -0.25) is 0 Å². The van der Waals surface area contributed by atoms with Gasteiger partial charge in [-0.15, -0.1) is 0 Å². The van der Waals surface area contributed by atoms with Crippen molar-refractivity contribution in [3.8, 4) is 172 Å². The first-order valence-corrected chi connectivity index (χ1v) is 33.2. The molecule has 46 heteroatoms. The van der Waals surface area contributed by atoms with Crippen molar-refractivity contribution in [3.63, 3.8) is 0 Å². The number of esters is 10. The van der Waals surface area contributed by atoms with E-state index in [9.17, 15) is 161 Å². The molecule has 5 atom stereocenters. The number of benzene rings is 10. The van der Waals surface area contributed by atoms with Crippen molar-refractivity contribution >= 4 is 59.7 Å². The monoisotopic (exact) mass is 1700 g/mol. The number of phenols is 25. The lowest BCUT2D eigenvalue weighted by Crippen LogP contribution is -2.63. The highest BCUT2D eigenvalue weighted by Crippen LogP contribution is 2.48. The summed E-state index contributed by atoms with van der Waals surface area (Å²) >= 11 is 0. The summed E-state index contributed by atoms with van der Waals surface area (Å²) in [6.45, 7) is -1.71. The maximum absolute atomic E-state index is 15.3. The van der Waals surface area contributed by atoms with Crippen LogP contribution in [0.4, 0.5) is 0 Å². The molecule has 10 aromatic rings. The minimum Gasteiger partial charge on any atom is -0.504 e. The van der Waals surface area contributed by atoms with Gasteiger partial charge in [0.1, 0.15) is 12.7 Å². The van der Waals surface area contributed by atoms with Gasteiger partial charge in [-0.2, -0.15) is 0 Å². The molecule has 0 aliphatic carbocycles. The summed E-state index contributed by atoms with van der Waals surface area (Å²) in [7, 11) is 0. The summed E-state index contributed by atoms with van der Waals surface area (Å²) in [5.41, 5.74) is -9.89. The topological polar surface area (TPSA) is 778 Å². The maximum Gasteiger partial charge on any atom is 0.343 e. The minimum absolute atomic E-state index is 0.295. The Labute approximate surface area is 671 Å². The number of ether oxygens (including phenoxy) is 11. The molecule has 0 aromatic heterocycles. The van der Waals surface area contributed by atoms with Crippen LogP contribution >= 0.6 is 0 Å². The molecule has 0 amide bonds. The SMILES string of the molecule is O=C(OC[C@H]1OC(OC(=O)c2cc(O)c(O)c(OC(=O)c3cc(O)c(O)c(O)c3)c2)[C@H](OC(=O)c2cc(O)c(O)c(OC(=O)c3cc(O)c(O)c(O)c3)c2)[C@@H](OC(=O)c2cc(O)c(O)c(OC(=O)c3cc(O)c(O)c(O)c3)c2)[C@H]1OC(=O)c1cc(O)c(O)c(OC(=O)c2cc(O)c(O)c(O)c2)c1)c1cc(O)c(O)c(OC(=O)c2cc(O)c(O)c(O)c2)c1. The zero-order chi connectivity index (χ0) is 89.4. The first-order chi connectivity index (χ1) is 57.4. The summed E-state index contributed by atoms with van der Waals surface area (Å²) in [5.74, 6) is -56.0. The first-order valence-electron chi connectivity index (χ1n) is 33.2. The van der Waals surface area contributed by atoms with Gasteiger partial charge in [-0.25, -0.2) is 47.9 Å². The van der Waals surface area contributed by atoms with Gasteiger partial charge in [0.25, 0.3) is 0 Å². The number of aromatic hydroxyl groups is 25. The average molecular weight is 1700 g/mol. The predicted molar refractivity (Wildman–Crippen MR) is 383 cm³/mol. The number of carbonyl (C=O) groups is 10. The fourth-order valence-electron chi connectivity index (χ4n) is 10.8. The third-order valence-corrected chi connectivity index (χ3v) is 16.9. The van der Waals surface area contributed by atoms with E-state index in [1.54, 1.807) is 0 Å². The molecule has 1 heterocycles. The van der Waals surface area contributed by atoms with Crippen LogP contribution in [0.1, 0.15) is 104 Å². The molecule has 0 spiro atoms. The summed E-state index contributed by atoms with van der Waals surface area (Å²) in [6, 6.07) is 8.56. The normalized spacial score (nSPS) is 14.6. The van der Waals surface area contributed by atoms with Gasteiger partial charge in [0.15, 0.2) is 156 Å². The third kappa shape index (κ3) is 17.6. The molecule has 632 valence electrons. The Morgan fingerprint density at radius 2 is 0.377 bits per heavy atom. The van der Waals surface area contributed by atoms with Crippen LogP contribution in [-0.2, 0) is 28.4 Å². The smallest absolute Gasteiger partial charge is 0.343 e. The van der Waals surface area contributed by atoms with Crippen molar-refractivity contribution in [1.82, 2.24) is 0 Å². The Morgan fingerprint density at radius 1 is 0.205 bits per heavy atom. The third-order valence-electron chi connectivity index (χ3n) is 16.9. The summed E-state index contributed by atoms with van der Waals surface area (Å²) in [4.78, 5) is 142. The average Bonchev–Trinajstić information content (AvgIpc) is 0.764. The van der Waals surface area contributed by atoms with Gasteiger partial charge in [-0.1, -0.05) is 0 Å². The highest BCUT2D eigenvalue weighted by molar-refractivity contribution is 6.00. The second-order valence-electron chi connectivity index (χ2n) is 25.1. The molecule has 1 saturated heterocycles. The van der Waals surface area contributed by atoms with E-state index in [1.807, 2.05) is 0 Å². The van der Waals surface area contributed by atoms with Crippen LogP contribution < -0.4 is 23.7 Å². The number of rotatable bonds is 21. The molecule has 0 saturated carbocycles. The quantitative estimate of drug-likeness (QED) is 0.0198. The molecule has 1 unspecified atom stereocenters. The standard InChI is InChI=1S/C76H52O46/c77-32-1-22(2-33(78)53(32)92)67(103)113-47-16-27(11-42(87)58(47)97)66(102)112-21-52-63(119-72(108)28-12-43(88)59(98)48(17-28)114-68(104)23-3-34(79)54(93)35(80)4-23)64(120-73(109)29-13-44(89)60(99)49(18-29)115-69(105)24-5-36(81)55(94)37(82)6-24)65(121-74(110)30-14-45(90)61(100)50(19-30)116-70(106)25-7-38(83)56(95)39(84)8-25)76(118-52)122-75(111)31-15-46(91)62(101)51(20-31)117-71(107)26-9-40(85)57(96)41(86)10-26/h1-20,52,63-65,76-101H,21H2/t52-,63+,64+,65-,76?/m1/s1. The lowest BCUT2D eigenvalue weighted by molar-refractivity contribution is -0.282. The van der Waals surface area contributed by atoms with E-state index in [4.69, 9.17) is 52.1 Å². The minimum atomic E-state index is -3.12. The summed E-state index contributed by atoms with van der Waals surface area (Å²) < 4.78 is 60.4. The summed E-state index contributed by atoms with van der Waals surface area (Å²) in [5, 5.41) is 261. The van der Waals surface area contributed by atoms with Gasteiger partial charge in [0.2, 0.25) is 41.1 Å². The Kier molecular flexibility index (Phi) is 23.2. The van der Waals surface area contributed by atoms with Crippen LogP contribution in [0.3, 0.4) is 0 Å². The molecule has 1 aliphatic rings. The molecule has 122 heavy (non-hydrogen) atoms. The molecular weight excluding hydrogens is 1650 g/mol. The van der Waals surface area contributed by atoms with Crippen LogP contribution in [0.2, 0.25) is 0 Å². The van der Waals surface area contributed by atoms with Crippen molar-refractivity contribution in [2.45, 2.75) is 30.7 Å². The second-order valence-corrected chi connectivity index (χ2v) is 25.1. The fourth-order valence-corrected chi connectivity index (χ4v) is 10.8. The Bertz CT molecular complexity index is 5970. The fraction of sp³-hybridized carbons (Fsp3) is 0.0789. The molecule has 46 nitrogen and oxygen atoms in total. The lowest BCUT2D eigenvalue weighted by Gasteiger charge is -2.43. The van der Waals surface area contributed by atoms with Crippen molar-refractivity contribution in [2.75, 3.05) is 6.61 Å². The van der Waals surface area contributed by atoms with E-state index in [1.165, 1.54) is 0 Å². The highest BCUT2D eigenvalue weighted by Gasteiger charge is 2.55. The summed E-state index contributed by atoms with van der Waals surface area (Å²) in [6.07, 6.45) is -15.1. The largest absolute Gasteiger partial charge is 0.504 e. The maximum atomic E-state index is 15.3. The molecule has 1 aliphatic heterocycles. The lowest BCUT2D eigenvalue weighted by atomic mass is 9.97. The van der Waals surface area contributed by atoms with Gasteiger partial charge in [0, 0.05) is 0 Å². The molecule has 10 aromatic carbocycles. The Hall–Kier alpha value is -18.1. The molecule has 0 bridgehead atoms. The van der Waals surface area contributed by atoms with E-state index >= 15 is 14.4 Å². The van der Waals surface area contributed by atoms with E-state index in [2.05, 4.69) is 0 Å². The van der Waals surface area contributed by atoms with Crippen molar-refractivity contribution < 1.29 is 228 Å². The Morgan fingerprint density at radius 3 is 0.598 bits per heavy atom.